The molecule has 2 atom stereocenters. The van der Waals surface area contributed by atoms with E-state index >= 15 is 0 Å². The molecule has 0 bridgehead atoms. The van der Waals surface area contributed by atoms with Crippen LogP contribution in [-0.4, -0.2) is 42.5 Å². The van der Waals surface area contributed by atoms with Crippen molar-refractivity contribution in [3.8, 4) is 0 Å². The van der Waals surface area contributed by atoms with Crippen molar-refractivity contribution >= 4 is 5.78 Å². The highest BCUT2D eigenvalue weighted by molar-refractivity contribution is 5.82. The molecular weight excluding hydrogens is 245 g/mol. The Labute approximate surface area is 113 Å². The first-order chi connectivity index (χ1) is 9.04. The number of benzene rings is 1. The van der Waals surface area contributed by atoms with E-state index in [-0.39, 0.29) is 23.7 Å². The summed E-state index contributed by atoms with van der Waals surface area (Å²) in [5, 5.41) is 0. The number of Topliss-reactive ketones (excluding diaryl/α,β-unsaturated/α-hetero) is 1. The van der Waals surface area contributed by atoms with E-state index in [9.17, 15) is 9.18 Å². The minimum absolute atomic E-state index is 0.160. The van der Waals surface area contributed by atoms with Crippen molar-refractivity contribution in [2.75, 3.05) is 19.7 Å². The fourth-order valence-corrected chi connectivity index (χ4v) is 2.30. The van der Waals surface area contributed by atoms with E-state index in [1.807, 2.05) is 6.92 Å². The molecule has 0 saturated carbocycles. The van der Waals surface area contributed by atoms with Crippen molar-refractivity contribution < 1.29 is 13.9 Å². The fraction of sp³-hybridized carbons (Fsp3) is 0.533. The SMILES string of the molecule is CC1CN(CC(=O)Cc2ccc(F)cc2)C(C)CO1. The molecule has 4 heteroatoms. The Balaban J connectivity index is 1.88. The third-order valence-electron chi connectivity index (χ3n) is 3.43. The number of ether oxygens (including phenoxy) is 1. The lowest BCUT2D eigenvalue weighted by Crippen LogP contribution is -2.49. The van der Waals surface area contributed by atoms with Crippen molar-refractivity contribution in [1.82, 2.24) is 4.90 Å². The molecule has 1 aromatic rings. The summed E-state index contributed by atoms with van der Waals surface area (Å²) >= 11 is 0. The average molecular weight is 265 g/mol. The topological polar surface area (TPSA) is 29.5 Å². The van der Waals surface area contributed by atoms with Crippen LogP contribution in [0.3, 0.4) is 0 Å². The minimum Gasteiger partial charge on any atom is -0.376 e. The monoisotopic (exact) mass is 265 g/mol. The van der Waals surface area contributed by atoms with Gasteiger partial charge in [-0.25, -0.2) is 4.39 Å². The number of ketones is 1. The highest BCUT2D eigenvalue weighted by Crippen LogP contribution is 2.12. The van der Waals surface area contributed by atoms with Crippen molar-refractivity contribution in [3.63, 3.8) is 0 Å². The van der Waals surface area contributed by atoms with Gasteiger partial charge in [-0.15, -0.1) is 0 Å². The van der Waals surface area contributed by atoms with Gasteiger partial charge in [0.2, 0.25) is 0 Å². The van der Waals surface area contributed by atoms with Gasteiger partial charge in [0, 0.05) is 19.0 Å². The van der Waals surface area contributed by atoms with Crippen molar-refractivity contribution in [1.29, 1.82) is 0 Å². The number of halogens is 1. The summed E-state index contributed by atoms with van der Waals surface area (Å²) < 4.78 is 18.3. The zero-order valence-corrected chi connectivity index (χ0v) is 11.4. The lowest BCUT2D eigenvalue weighted by molar-refractivity contribution is -0.123. The van der Waals surface area contributed by atoms with Crippen molar-refractivity contribution in [2.45, 2.75) is 32.4 Å². The normalized spacial score (nSPS) is 24.4. The highest BCUT2D eigenvalue weighted by atomic mass is 19.1. The molecule has 0 radical (unpaired) electrons. The maximum atomic E-state index is 12.8. The standard InChI is InChI=1S/C15H20FNO2/c1-11-10-19-12(2)8-17(11)9-15(18)7-13-3-5-14(16)6-4-13/h3-6,11-12H,7-10H2,1-2H3. The lowest BCUT2D eigenvalue weighted by Gasteiger charge is -2.36. The van der Waals surface area contributed by atoms with Gasteiger partial charge in [0.15, 0.2) is 5.78 Å². The Morgan fingerprint density at radius 2 is 2.05 bits per heavy atom. The second-order valence-corrected chi connectivity index (χ2v) is 5.26. The van der Waals surface area contributed by atoms with Gasteiger partial charge in [-0.3, -0.25) is 9.69 Å². The van der Waals surface area contributed by atoms with Gasteiger partial charge < -0.3 is 4.74 Å². The molecule has 1 heterocycles. The highest BCUT2D eigenvalue weighted by Gasteiger charge is 2.24. The van der Waals surface area contributed by atoms with E-state index in [4.69, 9.17) is 4.74 Å². The predicted octanol–water partition coefficient (Wildman–Crippen LogP) is 2.05. The molecule has 1 aliphatic heterocycles. The molecule has 1 saturated heterocycles. The number of rotatable bonds is 4. The van der Waals surface area contributed by atoms with Crippen LogP contribution in [-0.2, 0) is 16.0 Å². The molecule has 2 rings (SSSR count). The maximum Gasteiger partial charge on any atom is 0.151 e. The predicted molar refractivity (Wildman–Crippen MR) is 71.6 cm³/mol. The third-order valence-corrected chi connectivity index (χ3v) is 3.43. The van der Waals surface area contributed by atoms with Crippen LogP contribution in [0.1, 0.15) is 19.4 Å². The molecule has 19 heavy (non-hydrogen) atoms. The smallest absolute Gasteiger partial charge is 0.151 e. The number of nitrogens with zero attached hydrogens (tertiary/aromatic N) is 1. The molecule has 104 valence electrons. The Kier molecular flexibility index (Phi) is 4.66. The van der Waals surface area contributed by atoms with Gasteiger partial charge >= 0.3 is 0 Å². The quantitative estimate of drug-likeness (QED) is 0.834. The molecule has 0 aliphatic carbocycles. The Morgan fingerprint density at radius 1 is 1.37 bits per heavy atom. The number of hydrogen-bond acceptors (Lipinski definition) is 3. The zero-order valence-electron chi connectivity index (χ0n) is 11.4. The molecule has 0 amide bonds. The van der Waals surface area contributed by atoms with Crippen molar-refractivity contribution in [2.24, 2.45) is 0 Å². The van der Waals surface area contributed by atoms with Crippen LogP contribution in [0.5, 0.6) is 0 Å². The van der Waals surface area contributed by atoms with Crippen LogP contribution in [0.15, 0.2) is 24.3 Å². The summed E-state index contributed by atoms with van der Waals surface area (Å²) in [4.78, 5) is 14.2. The number of hydrogen-bond donors (Lipinski definition) is 0. The van der Waals surface area contributed by atoms with Crippen LogP contribution in [0.2, 0.25) is 0 Å². The molecule has 1 fully saturated rings. The first-order valence-electron chi connectivity index (χ1n) is 6.66. The molecule has 2 unspecified atom stereocenters. The van der Waals surface area contributed by atoms with Gasteiger partial charge in [0.25, 0.3) is 0 Å². The maximum absolute atomic E-state index is 12.8. The van der Waals surface area contributed by atoms with Gasteiger partial charge in [-0.2, -0.15) is 0 Å². The molecule has 1 aromatic carbocycles. The zero-order chi connectivity index (χ0) is 13.8. The Hall–Kier alpha value is -1.26. The Bertz CT molecular complexity index is 432. The van der Waals surface area contributed by atoms with Crippen LogP contribution in [0.4, 0.5) is 4.39 Å². The second-order valence-electron chi connectivity index (χ2n) is 5.26. The van der Waals surface area contributed by atoms with E-state index in [0.717, 1.165) is 12.1 Å². The summed E-state index contributed by atoms with van der Waals surface area (Å²) in [6, 6.07) is 6.38. The first-order valence-corrected chi connectivity index (χ1v) is 6.66. The average Bonchev–Trinajstić information content (AvgIpc) is 2.37. The third kappa shape index (κ3) is 4.11. The summed E-state index contributed by atoms with van der Waals surface area (Å²) in [5.41, 5.74) is 0.861. The number of carbonyl (C=O) groups excluding carboxylic acids is 1. The summed E-state index contributed by atoms with van der Waals surface area (Å²) in [5.74, 6) is -0.112. The van der Waals surface area contributed by atoms with E-state index in [2.05, 4.69) is 11.8 Å². The molecule has 3 nitrogen and oxygen atoms in total. The van der Waals surface area contributed by atoms with Gasteiger partial charge in [-0.05, 0) is 31.5 Å². The number of morpholine rings is 1. The Morgan fingerprint density at radius 3 is 2.74 bits per heavy atom. The van der Waals surface area contributed by atoms with E-state index in [1.54, 1.807) is 12.1 Å². The first kappa shape index (κ1) is 14.2. The van der Waals surface area contributed by atoms with E-state index < -0.39 is 0 Å². The van der Waals surface area contributed by atoms with Crippen LogP contribution >= 0.6 is 0 Å². The van der Waals surface area contributed by atoms with E-state index in [0.29, 0.717) is 19.6 Å². The van der Waals surface area contributed by atoms with Gasteiger partial charge in [0.1, 0.15) is 5.82 Å². The lowest BCUT2D eigenvalue weighted by atomic mass is 10.1. The molecule has 0 spiro atoms. The van der Waals surface area contributed by atoms with Crippen LogP contribution < -0.4 is 0 Å². The largest absolute Gasteiger partial charge is 0.376 e. The summed E-state index contributed by atoms with van der Waals surface area (Å²) in [6.07, 6.45) is 0.536. The van der Waals surface area contributed by atoms with E-state index in [1.165, 1.54) is 12.1 Å². The summed E-state index contributed by atoms with van der Waals surface area (Å²) in [7, 11) is 0. The molecule has 0 N–H and O–H groups in total. The minimum atomic E-state index is -0.271. The van der Waals surface area contributed by atoms with Crippen molar-refractivity contribution in [3.05, 3.63) is 35.6 Å². The van der Waals surface area contributed by atoms with Crippen LogP contribution in [0.25, 0.3) is 0 Å². The van der Waals surface area contributed by atoms with Gasteiger partial charge in [-0.1, -0.05) is 12.1 Å². The van der Waals surface area contributed by atoms with Crippen LogP contribution in [0, 0.1) is 5.82 Å². The molecule has 1 aliphatic rings. The number of carbonyl (C=O) groups is 1. The molecule has 0 aromatic heterocycles. The van der Waals surface area contributed by atoms with Gasteiger partial charge in [0.05, 0.1) is 19.3 Å². The second kappa shape index (κ2) is 6.26. The summed E-state index contributed by atoms with van der Waals surface area (Å²) in [6.45, 7) is 5.98. The molecular formula is C15H20FNO2. The fourth-order valence-electron chi connectivity index (χ4n) is 2.30.